The van der Waals surface area contributed by atoms with Crippen LogP contribution in [0.4, 0.5) is 0 Å². The van der Waals surface area contributed by atoms with E-state index in [1.54, 1.807) is 6.34 Å². The van der Waals surface area contributed by atoms with Gasteiger partial charge < -0.3 is 10.2 Å². The zero-order valence-corrected chi connectivity index (χ0v) is 8.10. The van der Waals surface area contributed by atoms with Crippen LogP contribution in [0.1, 0.15) is 13.8 Å². The average molecular weight is 192 g/mol. The minimum Gasteiger partial charge on any atom is -0.396 e. The molecule has 1 atom stereocenters. The van der Waals surface area contributed by atoms with Gasteiger partial charge in [-0.15, -0.1) is 12.4 Å². The number of aliphatic imine (C=N–C) groups is 1. The quantitative estimate of drug-likeness (QED) is 0.657. The lowest BCUT2D eigenvalue weighted by Crippen LogP contribution is -2.34. The molecule has 0 aliphatic carbocycles. The van der Waals surface area contributed by atoms with Gasteiger partial charge in [0.15, 0.2) is 0 Å². The number of oxime groups is 1. The first-order valence-corrected chi connectivity index (χ1v) is 3.78. The molecule has 0 aromatic carbocycles. The number of nitrogens with one attached hydrogen (secondary N) is 1. The minimum absolute atomic E-state index is 0. The van der Waals surface area contributed by atoms with E-state index in [2.05, 4.69) is 15.5 Å². The van der Waals surface area contributed by atoms with Crippen LogP contribution in [-0.2, 0) is 4.84 Å². The molecule has 1 heterocycles. The zero-order valence-electron chi connectivity index (χ0n) is 7.28. The molecule has 70 valence electrons. The van der Waals surface area contributed by atoms with Gasteiger partial charge in [-0.2, -0.15) is 0 Å². The van der Waals surface area contributed by atoms with Crippen LogP contribution in [0.3, 0.4) is 0 Å². The van der Waals surface area contributed by atoms with Crippen LogP contribution in [0.2, 0.25) is 0 Å². The fourth-order valence-corrected chi connectivity index (χ4v) is 0.804. The van der Waals surface area contributed by atoms with Crippen molar-refractivity contribution in [2.75, 3.05) is 13.2 Å². The van der Waals surface area contributed by atoms with Crippen LogP contribution >= 0.6 is 12.4 Å². The Hall–Kier alpha value is -0.770. The molecule has 0 saturated carbocycles. The summed E-state index contributed by atoms with van der Waals surface area (Å²) < 4.78 is 0. The summed E-state index contributed by atoms with van der Waals surface area (Å²) >= 11 is 0. The fraction of sp³-hybridized carbons (Fsp3) is 0.714. The maximum Gasteiger partial charge on any atom is 0.114 e. The van der Waals surface area contributed by atoms with Crippen LogP contribution in [0.5, 0.6) is 0 Å². The molecule has 0 bridgehead atoms. The van der Waals surface area contributed by atoms with E-state index in [4.69, 9.17) is 4.84 Å². The zero-order chi connectivity index (χ0) is 8.10. The molecule has 4 nitrogen and oxygen atoms in total. The van der Waals surface area contributed by atoms with E-state index >= 15 is 0 Å². The highest BCUT2D eigenvalue weighted by Gasteiger charge is 2.11. The van der Waals surface area contributed by atoms with Crippen LogP contribution in [-0.4, -0.2) is 31.2 Å². The summed E-state index contributed by atoms with van der Waals surface area (Å²) in [5.41, 5.74) is 0.953. The Morgan fingerprint density at radius 3 is 3.17 bits per heavy atom. The molecule has 12 heavy (non-hydrogen) atoms. The molecule has 1 aliphatic heterocycles. The number of nitrogens with zero attached hydrogens (tertiary/aromatic N) is 2. The average Bonchev–Trinajstić information content (AvgIpc) is 2.03. The van der Waals surface area contributed by atoms with Crippen molar-refractivity contribution >= 4 is 24.5 Å². The highest BCUT2D eigenvalue weighted by atomic mass is 35.5. The topological polar surface area (TPSA) is 46.0 Å². The van der Waals surface area contributed by atoms with Gasteiger partial charge in [0, 0.05) is 0 Å². The molecule has 0 radical (unpaired) electrons. The fourth-order valence-electron chi connectivity index (χ4n) is 0.804. The van der Waals surface area contributed by atoms with Crippen molar-refractivity contribution in [3.63, 3.8) is 0 Å². The van der Waals surface area contributed by atoms with Crippen LogP contribution in [0, 0.1) is 0 Å². The highest BCUT2D eigenvalue weighted by molar-refractivity contribution is 5.94. The predicted octanol–water partition coefficient (Wildman–Crippen LogP) is 0.821. The summed E-state index contributed by atoms with van der Waals surface area (Å²) in [6, 6.07) is 0.155. The molecule has 0 spiro atoms. The lowest BCUT2D eigenvalue weighted by molar-refractivity contribution is 0.157. The third-order valence-electron chi connectivity index (χ3n) is 1.47. The summed E-state index contributed by atoms with van der Waals surface area (Å²) in [7, 11) is 0. The molecule has 1 N–H and O–H groups in total. The van der Waals surface area contributed by atoms with E-state index < -0.39 is 0 Å². The number of rotatable bonds is 2. The number of halogens is 1. The van der Waals surface area contributed by atoms with Crippen molar-refractivity contribution < 1.29 is 4.84 Å². The first kappa shape index (κ1) is 11.2. The van der Waals surface area contributed by atoms with Gasteiger partial charge in [0.25, 0.3) is 0 Å². The Balaban J connectivity index is 0.00000121. The Bertz CT molecular complexity index is 181. The largest absolute Gasteiger partial charge is 0.396 e. The van der Waals surface area contributed by atoms with Crippen LogP contribution in [0.25, 0.3) is 0 Å². The Labute approximate surface area is 78.5 Å². The summed E-state index contributed by atoms with van der Waals surface area (Å²) in [6.07, 6.45) is 1.70. The van der Waals surface area contributed by atoms with Gasteiger partial charge in [0.2, 0.25) is 0 Å². The second-order valence-corrected chi connectivity index (χ2v) is 2.34. The third kappa shape index (κ3) is 3.09. The molecule has 1 rings (SSSR count). The molecule has 5 heteroatoms. The standard InChI is InChI=1S/C7H13N3O.ClH/c1-3-11-10-7-4-8-5-9-6(7)2;/h5-6H,3-4H2,1-2H3,(H,8,9);1H/b10-7+;. The van der Waals surface area contributed by atoms with Crippen LogP contribution in [0.15, 0.2) is 10.1 Å². The van der Waals surface area contributed by atoms with Crippen molar-refractivity contribution in [3.8, 4) is 0 Å². The molecule has 0 amide bonds. The van der Waals surface area contributed by atoms with E-state index in [1.165, 1.54) is 0 Å². The van der Waals surface area contributed by atoms with E-state index in [9.17, 15) is 0 Å². The number of hydrogen-bond donors (Lipinski definition) is 1. The van der Waals surface area contributed by atoms with Gasteiger partial charge in [-0.1, -0.05) is 5.16 Å². The molecular weight excluding hydrogens is 178 g/mol. The van der Waals surface area contributed by atoms with E-state index in [-0.39, 0.29) is 18.4 Å². The van der Waals surface area contributed by atoms with E-state index in [0.29, 0.717) is 6.61 Å². The summed E-state index contributed by atoms with van der Waals surface area (Å²) in [5, 5.41) is 6.89. The Morgan fingerprint density at radius 2 is 2.58 bits per heavy atom. The molecule has 0 aromatic heterocycles. The highest BCUT2D eigenvalue weighted by Crippen LogP contribution is 1.97. The van der Waals surface area contributed by atoms with Crippen molar-refractivity contribution in [2.45, 2.75) is 19.9 Å². The second kappa shape index (κ2) is 5.83. The second-order valence-electron chi connectivity index (χ2n) is 2.34. The SMILES string of the molecule is CCO/N=C1\CNC=NC1C.Cl. The van der Waals surface area contributed by atoms with Crippen molar-refractivity contribution in [1.29, 1.82) is 0 Å². The van der Waals surface area contributed by atoms with Crippen molar-refractivity contribution in [1.82, 2.24) is 5.32 Å². The molecule has 1 aliphatic rings. The molecule has 0 saturated heterocycles. The maximum atomic E-state index is 4.92. The normalized spacial score (nSPS) is 24.5. The van der Waals surface area contributed by atoms with Crippen molar-refractivity contribution in [3.05, 3.63) is 0 Å². The van der Waals surface area contributed by atoms with Gasteiger partial charge in [0.05, 0.1) is 18.9 Å². The molecule has 0 fully saturated rings. The first-order valence-electron chi connectivity index (χ1n) is 3.78. The lowest BCUT2D eigenvalue weighted by Gasteiger charge is -2.14. The van der Waals surface area contributed by atoms with Crippen LogP contribution < -0.4 is 5.32 Å². The first-order chi connectivity index (χ1) is 5.34. The van der Waals surface area contributed by atoms with Gasteiger partial charge in [-0.25, -0.2) is 0 Å². The van der Waals surface area contributed by atoms with E-state index in [1.807, 2.05) is 13.8 Å². The summed E-state index contributed by atoms with van der Waals surface area (Å²) in [4.78, 5) is 9.03. The summed E-state index contributed by atoms with van der Waals surface area (Å²) in [6.45, 7) is 5.26. The minimum atomic E-state index is 0. The number of hydrogen-bond acceptors (Lipinski definition) is 4. The molecule has 0 aromatic rings. The Morgan fingerprint density at radius 1 is 1.83 bits per heavy atom. The van der Waals surface area contributed by atoms with Gasteiger partial charge in [0.1, 0.15) is 12.3 Å². The Kier molecular flexibility index (Phi) is 5.45. The van der Waals surface area contributed by atoms with Crippen molar-refractivity contribution in [2.24, 2.45) is 10.1 Å². The third-order valence-corrected chi connectivity index (χ3v) is 1.47. The van der Waals surface area contributed by atoms with Gasteiger partial charge in [-0.05, 0) is 13.8 Å². The lowest BCUT2D eigenvalue weighted by atomic mass is 10.2. The smallest absolute Gasteiger partial charge is 0.114 e. The maximum absolute atomic E-state index is 4.92. The molecular formula is C7H14ClN3O. The van der Waals surface area contributed by atoms with Gasteiger partial charge >= 0.3 is 0 Å². The monoisotopic (exact) mass is 191 g/mol. The summed E-state index contributed by atoms with van der Waals surface area (Å²) in [5.74, 6) is 0. The van der Waals surface area contributed by atoms with Gasteiger partial charge in [-0.3, -0.25) is 4.99 Å². The predicted molar refractivity (Wildman–Crippen MR) is 52.3 cm³/mol. The molecule has 1 unspecified atom stereocenters. The van der Waals surface area contributed by atoms with E-state index in [0.717, 1.165) is 12.3 Å².